The van der Waals surface area contributed by atoms with E-state index in [0.29, 0.717) is 40.9 Å². The molecule has 0 spiro atoms. The Morgan fingerprint density at radius 2 is 2.31 bits per heavy atom. The Balaban J connectivity index is 1.51. The van der Waals surface area contributed by atoms with Gasteiger partial charge >= 0.3 is 0 Å². The van der Waals surface area contributed by atoms with E-state index in [2.05, 4.69) is 27.4 Å². The van der Waals surface area contributed by atoms with Crippen molar-refractivity contribution in [2.24, 2.45) is 0 Å². The molecule has 142 valence electrons. The Morgan fingerprint density at radius 3 is 2.96 bits per heavy atom. The van der Waals surface area contributed by atoms with Crippen molar-refractivity contribution in [2.75, 3.05) is 11.9 Å². The monoisotopic (exact) mass is 384 g/mol. The first kappa shape index (κ1) is 18.9. The number of rotatable bonds is 6. The molecule has 3 rings (SSSR count). The van der Waals surface area contributed by atoms with E-state index in [0.717, 1.165) is 19.4 Å². The fraction of sp³-hybridized carbons (Fsp3) is 0.625. The van der Waals surface area contributed by atoms with E-state index in [1.165, 1.54) is 23.2 Å². The molecule has 0 radical (unpaired) electrons. The van der Waals surface area contributed by atoms with Crippen LogP contribution in [-0.2, 0) is 22.7 Å². The third-order valence-corrected chi connectivity index (χ3v) is 5.38. The van der Waals surface area contributed by atoms with Crippen LogP contribution in [0.3, 0.4) is 0 Å². The second kappa shape index (κ2) is 8.19. The number of hydrogen-bond donors (Lipinski definition) is 2. The summed E-state index contributed by atoms with van der Waals surface area (Å²) in [6.07, 6.45) is 1.90. The number of aromatic nitrogens is 3. The molecule has 1 unspecified atom stereocenters. The third-order valence-electron chi connectivity index (χ3n) is 4.44. The molecule has 8 nitrogen and oxygen atoms in total. The van der Waals surface area contributed by atoms with E-state index in [9.17, 15) is 9.18 Å². The summed E-state index contributed by atoms with van der Waals surface area (Å²) in [6.45, 7) is 7.04. The SMILES string of the molecule is CC(=O)Nc1nc(F)c(C[NH+]2CC[C@H](OCc3noc(C)n3)C[C@@H]2C)s1. The number of piperidine rings is 1. The van der Waals surface area contributed by atoms with Crippen molar-refractivity contribution in [3.05, 3.63) is 22.5 Å². The molecule has 0 aromatic carbocycles. The lowest BCUT2D eigenvalue weighted by molar-refractivity contribution is -0.942. The second-order valence-corrected chi connectivity index (χ2v) is 7.67. The van der Waals surface area contributed by atoms with Gasteiger partial charge in [0.15, 0.2) is 11.0 Å². The minimum absolute atomic E-state index is 0.133. The van der Waals surface area contributed by atoms with Gasteiger partial charge in [-0.2, -0.15) is 14.4 Å². The zero-order chi connectivity index (χ0) is 18.7. The van der Waals surface area contributed by atoms with Gasteiger partial charge < -0.3 is 19.5 Å². The number of quaternary nitrogens is 1. The zero-order valence-electron chi connectivity index (χ0n) is 15.0. The predicted octanol–water partition coefficient (Wildman–Crippen LogP) is 1.08. The number of carbonyl (C=O) groups excluding carboxylic acids is 1. The molecule has 0 bridgehead atoms. The van der Waals surface area contributed by atoms with Crippen molar-refractivity contribution in [1.82, 2.24) is 15.1 Å². The number of nitrogens with one attached hydrogen (secondary N) is 2. The van der Waals surface area contributed by atoms with Crippen LogP contribution in [0.5, 0.6) is 0 Å². The lowest BCUT2D eigenvalue weighted by Crippen LogP contribution is -3.15. The van der Waals surface area contributed by atoms with Crippen LogP contribution < -0.4 is 10.2 Å². The number of carbonyl (C=O) groups is 1. The average molecular weight is 384 g/mol. The Kier molecular flexibility index (Phi) is 5.94. The molecule has 0 aliphatic carbocycles. The van der Waals surface area contributed by atoms with Crippen molar-refractivity contribution in [2.45, 2.75) is 58.9 Å². The maximum absolute atomic E-state index is 14.0. The number of aryl methyl sites for hydroxylation is 1. The number of amides is 1. The number of anilines is 1. The van der Waals surface area contributed by atoms with Gasteiger partial charge in [0, 0.05) is 26.7 Å². The summed E-state index contributed by atoms with van der Waals surface area (Å²) in [5.74, 6) is 0.341. The highest BCUT2D eigenvalue weighted by Crippen LogP contribution is 2.22. The van der Waals surface area contributed by atoms with Crippen LogP contribution in [-0.4, -0.2) is 39.7 Å². The zero-order valence-corrected chi connectivity index (χ0v) is 15.9. The van der Waals surface area contributed by atoms with Crippen molar-refractivity contribution >= 4 is 22.4 Å². The number of nitrogens with zero attached hydrogens (tertiary/aromatic N) is 3. The summed E-state index contributed by atoms with van der Waals surface area (Å²) < 4.78 is 24.8. The number of halogens is 1. The van der Waals surface area contributed by atoms with Gasteiger partial charge in [-0.05, 0) is 6.92 Å². The fourth-order valence-corrected chi connectivity index (χ4v) is 4.07. The number of thiazole rings is 1. The molecule has 0 saturated carbocycles. The number of likely N-dealkylation sites (tertiary alicyclic amines) is 1. The lowest BCUT2D eigenvalue weighted by Gasteiger charge is -2.34. The molecule has 3 heterocycles. The summed E-state index contributed by atoms with van der Waals surface area (Å²) >= 11 is 1.20. The van der Waals surface area contributed by atoms with E-state index >= 15 is 0 Å². The van der Waals surface area contributed by atoms with Gasteiger partial charge in [0.2, 0.25) is 17.7 Å². The van der Waals surface area contributed by atoms with Crippen LogP contribution in [0.2, 0.25) is 0 Å². The molecular formula is C16H23FN5O3S+. The Labute approximate surface area is 154 Å². The second-order valence-electron chi connectivity index (χ2n) is 6.59. The Morgan fingerprint density at radius 1 is 1.50 bits per heavy atom. The van der Waals surface area contributed by atoms with Crippen LogP contribution in [0.1, 0.15) is 43.3 Å². The maximum atomic E-state index is 14.0. The lowest BCUT2D eigenvalue weighted by atomic mass is 10.0. The minimum atomic E-state index is -0.496. The maximum Gasteiger partial charge on any atom is 0.234 e. The van der Waals surface area contributed by atoms with Gasteiger partial charge in [-0.1, -0.05) is 16.5 Å². The molecule has 2 N–H and O–H groups in total. The molecule has 1 amide bonds. The minimum Gasteiger partial charge on any atom is -0.370 e. The van der Waals surface area contributed by atoms with E-state index in [1.54, 1.807) is 6.92 Å². The van der Waals surface area contributed by atoms with Crippen LogP contribution in [0.4, 0.5) is 9.52 Å². The van der Waals surface area contributed by atoms with Gasteiger partial charge in [-0.25, -0.2) is 0 Å². The molecule has 2 aromatic heterocycles. The smallest absolute Gasteiger partial charge is 0.234 e. The molecule has 26 heavy (non-hydrogen) atoms. The van der Waals surface area contributed by atoms with Crippen LogP contribution in [0.15, 0.2) is 4.52 Å². The Hall–Kier alpha value is -1.91. The molecule has 1 aliphatic heterocycles. The first-order valence-corrected chi connectivity index (χ1v) is 9.40. The molecule has 2 aromatic rings. The van der Waals surface area contributed by atoms with Gasteiger partial charge in [-0.3, -0.25) is 4.79 Å². The quantitative estimate of drug-likeness (QED) is 0.774. The van der Waals surface area contributed by atoms with Crippen molar-refractivity contribution < 1.29 is 23.3 Å². The molecule has 3 atom stereocenters. The number of ether oxygens (including phenoxy) is 1. The van der Waals surface area contributed by atoms with E-state index in [-0.39, 0.29) is 12.0 Å². The van der Waals surface area contributed by atoms with Crippen LogP contribution >= 0.6 is 11.3 Å². The van der Waals surface area contributed by atoms with Crippen LogP contribution in [0, 0.1) is 12.9 Å². The molecule has 1 saturated heterocycles. The van der Waals surface area contributed by atoms with Gasteiger partial charge in [-0.15, -0.1) is 0 Å². The normalized spacial score (nSPS) is 23.2. The summed E-state index contributed by atoms with van der Waals surface area (Å²) in [5.41, 5.74) is 0. The molecule has 1 fully saturated rings. The van der Waals surface area contributed by atoms with Crippen LogP contribution in [0.25, 0.3) is 0 Å². The van der Waals surface area contributed by atoms with Crippen molar-refractivity contribution in [3.8, 4) is 0 Å². The molecular weight excluding hydrogens is 361 g/mol. The summed E-state index contributed by atoms with van der Waals surface area (Å²) in [4.78, 5) is 20.8. The van der Waals surface area contributed by atoms with Gasteiger partial charge in [0.25, 0.3) is 0 Å². The highest BCUT2D eigenvalue weighted by Gasteiger charge is 2.31. The highest BCUT2D eigenvalue weighted by molar-refractivity contribution is 7.15. The largest absolute Gasteiger partial charge is 0.370 e. The highest BCUT2D eigenvalue weighted by atomic mass is 32.1. The van der Waals surface area contributed by atoms with E-state index < -0.39 is 5.95 Å². The third kappa shape index (κ3) is 4.83. The van der Waals surface area contributed by atoms with Gasteiger partial charge in [0.1, 0.15) is 18.0 Å². The predicted molar refractivity (Wildman–Crippen MR) is 92.2 cm³/mol. The van der Waals surface area contributed by atoms with E-state index in [4.69, 9.17) is 9.26 Å². The molecule has 1 aliphatic rings. The summed E-state index contributed by atoms with van der Waals surface area (Å²) in [7, 11) is 0. The Bertz CT molecular complexity index is 765. The molecule has 10 heteroatoms. The van der Waals surface area contributed by atoms with Crippen molar-refractivity contribution in [3.63, 3.8) is 0 Å². The summed E-state index contributed by atoms with van der Waals surface area (Å²) in [6, 6.07) is 0.325. The number of hydrogen-bond acceptors (Lipinski definition) is 7. The van der Waals surface area contributed by atoms with E-state index in [1.807, 2.05) is 0 Å². The first-order chi connectivity index (χ1) is 12.4. The topological polar surface area (TPSA) is 94.6 Å². The van der Waals surface area contributed by atoms with Crippen molar-refractivity contribution in [1.29, 1.82) is 0 Å². The standard InChI is InChI=1S/C16H22FN5O3S/c1-9-6-12(24-8-14-19-11(3)25-21-14)4-5-22(9)7-13-15(17)20-16(26-13)18-10(2)23/h9,12H,4-8H2,1-3H3,(H,18,20,23)/p+1/t9-,12-/m0/s1. The fourth-order valence-electron chi connectivity index (χ4n) is 3.13. The first-order valence-electron chi connectivity index (χ1n) is 8.59. The van der Waals surface area contributed by atoms with Gasteiger partial charge in [0.05, 0.1) is 18.7 Å². The average Bonchev–Trinajstić information content (AvgIpc) is 3.13. The summed E-state index contributed by atoms with van der Waals surface area (Å²) in [5, 5.41) is 6.68.